The normalized spacial score (nSPS) is 11.2. The molecule has 4 heteroatoms. The summed E-state index contributed by atoms with van der Waals surface area (Å²) in [5, 5.41) is 2.32. The topological polar surface area (TPSA) is 44.1 Å². The third-order valence-electron chi connectivity index (χ3n) is 5.22. The number of benzene rings is 2. The van der Waals surface area contributed by atoms with Gasteiger partial charge in [-0.3, -0.25) is 9.78 Å². The number of esters is 1. The van der Waals surface area contributed by atoms with Crippen molar-refractivity contribution in [2.24, 2.45) is 0 Å². The zero-order valence-electron chi connectivity index (χ0n) is 16.5. The zero-order valence-corrected chi connectivity index (χ0v) is 16.5. The van der Waals surface area contributed by atoms with Gasteiger partial charge in [0.1, 0.15) is 6.54 Å². The van der Waals surface area contributed by atoms with Gasteiger partial charge in [-0.2, -0.15) is 0 Å². The van der Waals surface area contributed by atoms with Gasteiger partial charge in [0.05, 0.1) is 12.1 Å². The van der Waals surface area contributed by atoms with E-state index in [0.29, 0.717) is 6.61 Å². The minimum Gasteiger partial charge on any atom is -0.465 e. The van der Waals surface area contributed by atoms with Crippen LogP contribution in [0.5, 0.6) is 0 Å². The lowest BCUT2D eigenvalue weighted by Crippen LogP contribution is -2.14. The molecule has 2 aromatic heterocycles. The highest BCUT2D eigenvalue weighted by Gasteiger charge is 2.17. The van der Waals surface area contributed by atoms with Crippen LogP contribution in [0.3, 0.4) is 0 Å². The Hall–Kier alpha value is -3.14. The first-order chi connectivity index (χ1) is 13.6. The number of hydrogen-bond acceptors (Lipinski definition) is 3. The molecule has 0 spiro atoms. The van der Waals surface area contributed by atoms with Crippen LogP contribution in [0.25, 0.3) is 21.8 Å². The number of aryl methyl sites for hydroxylation is 1. The van der Waals surface area contributed by atoms with Crippen LogP contribution in [0.15, 0.2) is 54.6 Å². The van der Waals surface area contributed by atoms with Crippen molar-refractivity contribution >= 4 is 27.8 Å². The molecular weight excluding hydrogens is 348 g/mol. The Morgan fingerprint density at radius 3 is 2.71 bits per heavy atom. The molecule has 0 N–H and O–H groups in total. The summed E-state index contributed by atoms with van der Waals surface area (Å²) in [5.41, 5.74) is 6.59. The summed E-state index contributed by atoms with van der Waals surface area (Å²) in [7, 11) is 0. The van der Waals surface area contributed by atoms with Crippen molar-refractivity contribution < 1.29 is 9.53 Å². The lowest BCUT2D eigenvalue weighted by molar-refractivity contribution is -0.143. The van der Waals surface area contributed by atoms with Crippen molar-refractivity contribution in [3.05, 3.63) is 77.1 Å². The van der Waals surface area contributed by atoms with Gasteiger partial charge in [0.25, 0.3) is 0 Å². The maximum absolute atomic E-state index is 12.1. The number of ether oxygens (including phenoxy) is 1. The Balaban J connectivity index is 1.79. The van der Waals surface area contributed by atoms with E-state index >= 15 is 0 Å². The molecule has 0 fully saturated rings. The number of pyridine rings is 1. The van der Waals surface area contributed by atoms with Crippen molar-refractivity contribution in [3.63, 3.8) is 0 Å². The predicted octanol–water partition coefficient (Wildman–Crippen LogP) is 4.96. The van der Waals surface area contributed by atoms with Gasteiger partial charge in [0.15, 0.2) is 0 Å². The summed E-state index contributed by atoms with van der Waals surface area (Å²) >= 11 is 0. The summed E-state index contributed by atoms with van der Waals surface area (Å²) in [6.07, 6.45) is 0.729. The summed E-state index contributed by atoms with van der Waals surface area (Å²) in [6, 6.07) is 18.7. The second-order valence-corrected chi connectivity index (χ2v) is 7.15. The van der Waals surface area contributed by atoms with Crippen molar-refractivity contribution in [2.75, 3.05) is 6.61 Å². The highest BCUT2D eigenvalue weighted by Crippen LogP contribution is 2.29. The molecule has 4 nitrogen and oxygen atoms in total. The Kier molecular flexibility index (Phi) is 4.86. The van der Waals surface area contributed by atoms with Crippen LogP contribution in [0.4, 0.5) is 0 Å². The lowest BCUT2D eigenvalue weighted by Gasteiger charge is -2.08. The number of nitrogens with zero attached hydrogens (tertiary/aromatic N) is 2. The van der Waals surface area contributed by atoms with Crippen LogP contribution >= 0.6 is 0 Å². The highest BCUT2D eigenvalue weighted by molar-refractivity contribution is 5.88. The third kappa shape index (κ3) is 3.38. The summed E-state index contributed by atoms with van der Waals surface area (Å²) in [6.45, 7) is 6.62. The highest BCUT2D eigenvalue weighted by atomic mass is 16.5. The Bertz CT molecular complexity index is 1170. The molecule has 0 radical (unpaired) electrons. The van der Waals surface area contributed by atoms with Gasteiger partial charge in [0, 0.05) is 34.1 Å². The van der Waals surface area contributed by atoms with Crippen LogP contribution in [0, 0.1) is 13.8 Å². The fraction of sp³-hybridized carbons (Fsp3) is 0.250. The molecule has 0 saturated carbocycles. The minimum atomic E-state index is -0.210. The largest absolute Gasteiger partial charge is 0.465 e. The Morgan fingerprint density at radius 2 is 1.89 bits per heavy atom. The molecule has 28 heavy (non-hydrogen) atoms. The molecule has 2 heterocycles. The number of aromatic nitrogens is 2. The second-order valence-electron chi connectivity index (χ2n) is 7.15. The van der Waals surface area contributed by atoms with Crippen molar-refractivity contribution in [1.82, 2.24) is 9.55 Å². The molecular formula is C24H24N2O2. The van der Waals surface area contributed by atoms with Gasteiger partial charge >= 0.3 is 5.97 Å². The summed E-state index contributed by atoms with van der Waals surface area (Å²) in [5.74, 6) is -0.210. The first kappa shape index (κ1) is 18.2. The predicted molar refractivity (Wildman–Crippen MR) is 113 cm³/mol. The van der Waals surface area contributed by atoms with E-state index in [1.807, 2.05) is 25.1 Å². The second kappa shape index (κ2) is 7.47. The van der Waals surface area contributed by atoms with E-state index in [4.69, 9.17) is 9.72 Å². The van der Waals surface area contributed by atoms with E-state index in [-0.39, 0.29) is 12.5 Å². The number of rotatable bonds is 5. The monoisotopic (exact) mass is 372 g/mol. The van der Waals surface area contributed by atoms with Gasteiger partial charge in [0.2, 0.25) is 0 Å². The first-order valence-electron chi connectivity index (χ1n) is 9.65. The van der Waals surface area contributed by atoms with Crippen LogP contribution in [-0.4, -0.2) is 22.1 Å². The molecule has 0 unspecified atom stereocenters. The van der Waals surface area contributed by atoms with Gasteiger partial charge in [-0.05, 0) is 50.6 Å². The molecule has 0 aliphatic heterocycles. The third-order valence-corrected chi connectivity index (χ3v) is 5.22. The summed E-state index contributed by atoms with van der Waals surface area (Å²) in [4.78, 5) is 17.0. The number of fused-ring (bicyclic) bond motifs is 2. The Labute approximate surface area is 164 Å². The van der Waals surface area contributed by atoms with Gasteiger partial charge in [-0.25, -0.2) is 0 Å². The van der Waals surface area contributed by atoms with Gasteiger partial charge in [-0.1, -0.05) is 35.9 Å². The molecule has 4 rings (SSSR count). The number of para-hydroxylation sites is 1. The molecule has 0 bridgehead atoms. The minimum absolute atomic E-state index is 0.210. The van der Waals surface area contributed by atoms with Crippen molar-refractivity contribution in [3.8, 4) is 0 Å². The molecule has 142 valence electrons. The van der Waals surface area contributed by atoms with Crippen LogP contribution in [0.2, 0.25) is 0 Å². The molecule has 0 aliphatic rings. The fourth-order valence-electron chi connectivity index (χ4n) is 3.82. The average molecular weight is 372 g/mol. The van der Waals surface area contributed by atoms with E-state index in [0.717, 1.165) is 34.2 Å². The molecule has 0 aliphatic carbocycles. The molecule has 0 atom stereocenters. The van der Waals surface area contributed by atoms with E-state index in [9.17, 15) is 4.79 Å². The van der Waals surface area contributed by atoms with Crippen LogP contribution in [0.1, 0.15) is 29.4 Å². The molecule has 4 aromatic rings. The van der Waals surface area contributed by atoms with E-state index in [1.54, 1.807) is 0 Å². The van der Waals surface area contributed by atoms with E-state index in [1.165, 1.54) is 16.5 Å². The first-order valence-corrected chi connectivity index (χ1v) is 9.65. The SMILES string of the molecule is CCOC(=O)Cn1c(C)c(Cc2ccc3ccccc3n2)c2cc(C)ccc21. The summed E-state index contributed by atoms with van der Waals surface area (Å²) < 4.78 is 7.24. The van der Waals surface area contributed by atoms with Gasteiger partial charge in [-0.15, -0.1) is 0 Å². The Morgan fingerprint density at radius 1 is 1.07 bits per heavy atom. The van der Waals surface area contributed by atoms with Crippen LogP contribution < -0.4 is 0 Å². The maximum Gasteiger partial charge on any atom is 0.325 e. The average Bonchev–Trinajstić information content (AvgIpc) is 2.93. The van der Waals surface area contributed by atoms with Crippen molar-refractivity contribution in [1.29, 1.82) is 0 Å². The smallest absolute Gasteiger partial charge is 0.325 e. The van der Waals surface area contributed by atoms with Gasteiger partial charge < -0.3 is 9.30 Å². The number of carbonyl (C=O) groups is 1. The number of hydrogen-bond donors (Lipinski definition) is 0. The fourth-order valence-corrected chi connectivity index (χ4v) is 3.82. The van der Waals surface area contributed by atoms with E-state index in [2.05, 4.69) is 54.8 Å². The standard InChI is InChI=1S/C24H24N2O2/c1-4-28-24(27)15-26-17(3)20(21-13-16(2)9-12-23(21)26)14-19-11-10-18-7-5-6-8-22(18)25-19/h5-13H,4,14-15H2,1-3H3. The molecule has 2 aromatic carbocycles. The van der Waals surface area contributed by atoms with E-state index < -0.39 is 0 Å². The van der Waals surface area contributed by atoms with Crippen LogP contribution in [-0.2, 0) is 22.5 Å². The lowest BCUT2D eigenvalue weighted by atomic mass is 10.0. The zero-order chi connectivity index (χ0) is 19.7. The quantitative estimate of drug-likeness (QED) is 0.465. The maximum atomic E-state index is 12.1. The molecule has 0 amide bonds. The molecule has 0 saturated heterocycles. The number of carbonyl (C=O) groups excluding carboxylic acids is 1. The van der Waals surface area contributed by atoms with Crippen molar-refractivity contribution in [2.45, 2.75) is 33.7 Å².